The minimum absolute atomic E-state index is 0.399. The molecule has 138 valence electrons. The maximum atomic E-state index is 12.0. The predicted octanol–water partition coefficient (Wildman–Crippen LogP) is 4.16. The molecule has 0 bridgehead atoms. The second-order valence-electron chi connectivity index (χ2n) is 5.97. The van der Waals surface area contributed by atoms with Crippen molar-refractivity contribution in [2.45, 2.75) is 13.5 Å². The molecule has 27 heavy (non-hydrogen) atoms. The molecule has 4 aromatic rings. The molecule has 7 nitrogen and oxygen atoms in total. The summed E-state index contributed by atoms with van der Waals surface area (Å²) in [6.45, 7) is 2.72. The van der Waals surface area contributed by atoms with Gasteiger partial charge < -0.3 is 19.0 Å². The minimum Gasteiger partial charge on any atom is -0.494 e. The van der Waals surface area contributed by atoms with Crippen LogP contribution in [0.15, 0.2) is 34.9 Å². The third-order valence-electron chi connectivity index (χ3n) is 4.45. The van der Waals surface area contributed by atoms with Gasteiger partial charge in [0.25, 0.3) is 0 Å². The number of methoxy groups -OCH3 is 2. The van der Waals surface area contributed by atoms with E-state index < -0.39 is 5.97 Å². The number of nitrogens with one attached hydrogen (secondary N) is 1. The summed E-state index contributed by atoms with van der Waals surface area (Å²) in [6.07, 6.45) is 0. The first-order valence-electron chi connectivity index (χ1n) is 8.38. The van der Waals surface area contributed by atoms with Crippen LogP contribution in [-0.4, -0.2) is 39.7 Å². The number of aryl methyl sites for hydroxylation is 1. The number of fused-ring (bicyclic) bond motifs is 2. The van der Waals surface area contributed by atoms with Crippen LogP contribution in [0.5, 0.6) is 5.75 Å². The lowest BCUT2D eigenvalue weighted by molar-refractivity contribution is 0.0600. The Morgan fingerprint density at radius 1 is 1.22 bits per heavy atom. The second kappa shape index (κ2) is 6.70. The fraction of sp³-hybridized carbons (Fsp3) is 0.211. The van der Waals surface area contributed by atoms with Gasteiger partial charge in [0.15, 0.2) is 5.82 Å². The molecule has 0 spiro atoms. The summed E-state index contributed by atoms with van der Waals surface area (Å²) in [5.41, 5.74) is 3.51. The van der Waals surface area contributed by atoms with E-state index in [4.69, 9.17) is 14.5 Å². The summed E-state index contributed by atoms with van der Waals surface area (Å²) < 4.78 is 13.2. The molecule has 0 aliphatic heterocycles. The van der Waals surface area contributed by atoms with E-state index in [1.807, 2.05) is 25.1 Å². The number of aromatic amines is 1. The average Bonchev–Trinajstić information content (AvgIpc) is 3.26. The number of nitrogens with zero attached hydrogens (tertiary/aromatic N) is 3. The molecular weight excluding hydrogens is 412 g/mol. The molecule has 0 aliphatic rings. The zero-order valence-electron chi connectivity index (χ0n) is 15.0. The van der Waals surface area contributed by atoms with Crippen molar-refractivity contribution in [1.29, 1.82) is 0 Å². The van der Waals surface area contributed by atoms with Gasteiger partial charge in [-0.15, -0.1) is 0 Å². The molecule has 0 unspecified atom stereocenters. The Balaban J connectivity index is 1.98. The second-order valence-corrected chi connectivity index (χ2v) is 6.78. The third kappa shape index (κ3) is 2.86. The molecule has 0 atom stereocenters. The van der Waals surface area contributed by atoms with E-state index in [9.17, 15) is 4.79 Å². The van der Waals surface area contributed by atoms with Crippen molar-refractivity contribution in [2.75, 3.05) is 14.2 Å². The maximum absolute atomic E-state index is 12.0. The van der Waals surface area contributed by atoms with Gasteiger partial charge in [-0.3, -0.25) is 0 Å². The van der Waals surface area contributed by atoms with Gasteiger partial charge in [0, 0.05) is 11.9 Å². The Morgan fingerprint density at radius 3 is 2.74 bits per heavy atom. The number of hydrogen-bond acceptors (Lipinski definition) is 5. The van der Waals surface area contributed by atoms with Crippen LogP contribution in [0.3, 0.4) is 0 Å². The third-order valence-corrected chi connectivity index (χ3v) is 4.89. The molecule has 0 amide bonds. The molecule has 3 aromatic heterocycles. The van der Waals surface area contributed by atoms with E-state index in [1.54, 1.807) is 19.2 Å². The number of ether oxygens (including phenoxy) is 2. The lowest BCUT2D eigenvalue weighted by atomic mass is 10.2. The van der Waals surface area contributed by atoms with Gasteiger partial charge in [-0.05, 0) is 53.2 Å². The fourth-order valence-corrected chi connectivity index (χ4v) is 3.55. The zero-order valence-corrected chi connectivity index (χ0v) is 16.6. The van der Waals surface area contributed by atoms with Crippen LogP contribution >= 0.6 is 15.9 Å². The Labute approximate surface area is 163 Å². The quantitative estimate of drug-likeness (QED) is 0.389. The molecule has 8 heteroatoms. The number of H-pyrrole nitrogens is 1. The number of esters is 1. The highest BCUT2D eigenvalue weighted by Gasteiger charge is 2.20. The van der Waals surface area contributed by atoms with E-state index in [-0.39, 0.29) is 0 Å². The van der Waals surface area contributed by atoms with Crippen molar-refractivity contribution in [3.63, 3.8) is 0 Å². The zero-order chi connectivity index (χ0) is 19.1. The number of benzene rings is 1. The Kier molecular flexibility index (Phi) is 4.35. The van der Waals surface area contributed by atoms with Crippen LogP contribution in [-0.2, 0) is 11.3 Å². The Morgan fingerprint density at radius 2 is 2.04 bits per heavy atom. The number of pyridine rings is 1. The summed E-state index contributed by atoms with van der Waals surface area (Å²) >= 11 is 3.39. The standard InChI is InChI=1S/C19H17BrN4O3/c1-4-24-16-12(8-11(19(25)27-3)9-14(16)26-2)22-18(24)13-7-10-5-6-15(20)23-17(10)21-13/h5-9H,4H2,1-3H3,(H,21,23). The van der Waals surface area contributed by atoms with Crippen molar-refractivity contribution in [3.05, 3.63) is 40.5 Å². The summed E-state index contributed by atoms with van der Waals surface area (Å²) in [7, 11) is 2.93. The number of imidazole rings is 1. The highest BCUT2D eigenvalue weighted by atomic mass is 79.9. The van der Waals surface area contributed by atoms with E-state index in [0.29, 0.717) is 23.4 Å². The van der Waals surface area contributed by atoms with Crippen molar-refractivity contribution in [1.82, 2.24) is 19.5 Å². The normalized spacial score (nSPS) is 11.3. The van der Waals surface area contributed by atoms with Gasteiger partial charge in [0.05, 0.1) is 31.0 Å². The van der Waals surface area contributed by atoms with Crippen LogP contribution in [0.25, 0.3) is 33.6 Å². The van der Waals surface area contributed by atoms with Crippen LogP contribution in [0.2, 0.25) is 0 Å². The lowest BCUT2D eigenvalue weighted by Crippen LogP contribution is -2.03. The first kappa shape index (κ1) is 17.5. The van der Waals surface area contributed by atoms with E-state index in [1.165, 1.54) is 7.11 Å². The number of carbonyl (C=O) groups is 1. The highest BCUT2D eigenvalue weighted by Crippen LogP contribution is 2.33. The molecule has 0 fully saturated rings. The molecule has 0 radical (unpaired) electrons. The van der Waals surface area contributed by atoms with Crippen LogP contribution in [0, 0.1) is 0 Å². The van der Waals surface area contributed by atoms with E-state index >= 15 is 0 Å². The molecule has 1 N–H and O–H groups in total. The summed E-state index contributed by atoms with van der Waals surface area (Å²) in [5, 5.41) is 0.991. The smallest absolute Gasteiger partial charge is 0.338 e. The number of hydrogen-bond donors (Lipinski definition) is 1. The Hall–Kier alpha value is -2.87. The van der Waals surface area contributed by atoms with Gasteiger partial charge in [-0.25, -0.2) is 14.8 Å². The summed E-state index contributed by atoms with van der Waals surface area (Å²) in [6, 6.07) is 9.29. The monoisotopic (exact) mass is 428 g/mol. The van der Waals surface area contributed by atoms with Gasteiger partial charge in [0.1, 0.15) is 21.5 Å². The van der Waals surface area contributed by atoms with Crippen molar-refractivity contribution in [3.8, 4) is 17.3 Å². The minimum atomic E-state index is -0.428. The molecule has 0 saturated heterocycles. The molecular formula is C19H17BrN4O3. The summed E-state index contributed by atoms with van der Waals surface area (Å²) in [5.74, 6) is 0.898. The van der Waals surface area contributed by atoms with Gasteiger partial charge in [0.2, 0.25) is 0 Å². The van der Waals surface area contributed by atoms with Crippen LogP contribution in [0.1, 0.15) is 17.3 Å². The van der Waals surface area contributed by atoms with E-state index in [2.05, 4.69) is 30.5 Å². The maximum Gasteiger partial charge on any atom is 0.338 e. The lowest BCUT2D eigenvalue weighted by Gasteiger charge is -2.09. The topological polar surface area (TPSA) is 82.0 Å². The average molecular weight is 429 g/mol. The number of aromatic nitrogens is 4. The number of carbonyl (C=O) groups excluding carboxylic acids is 1. The van der Waals surface area contributed by atoms with Gasteiger partial charge in [-0.2, -0.15) is 0 Å². The Bertz CT molecular complexity index is 1180. The SMILES string of the molecule is CCn1c(-c2cc3ccc(Br)nc3[nH]2)nc2cc(C(=O)OC)cc(OC)c21. The predicted molar refractivity (Wildman–Crippen MR) is 106 cm³/mol. The number of halogens is 1. The summed E-state index contributed by atoms with van der Waals surface area (Å²) in [4.78, 5) is 24.5. The van der Waals surface area contributed by atoms with Crippen molar-refractivity contribution >= 4 is 44.0 Å². The highest BCUT2D eigenvalue weighted by molar-refractivity contribution is 9.10. The molecule has 0 saturated carbocycles. The van der Waals surface area contributed by atoms with Gasteiger partial charge >= 0.3 is 5.97 Å². The van der Waals surface area contributed by atoms with Crippen molar-refractivity contribution in [2.24, 2.45) is 0 Å². The first-order chi connectivity index (χ1) is 13.0. The fourth-order valence-electron chi connectivity index (χ4n) is 3.24. The number of rotatable bonds is 4. The first-order valence-corrected chi connectivity index (χ1v) is 9.17. The largest absolute Gasteiger partial charge is 0.494 e. The van der Waals surface area contributed by atoms with Gasteiger partial charge in [-0.1, -0.05) is 0 Å². The van der Waals surface area contributed by atoms with Crippen LogP contribution < -0.4 is 4.74 Å². The molecule has 4 rings (SSSR count). The molecule has 0 aliphatic carbocycles. The van der Waals surface area contributed by atoms with Crippen molar-refractivity contribution < 1.29 is 14.3 Å². The van der Waals surface area contributed by atoms with Crippen LogP contribution in [0.4, 0.5) is 0 Å². The molecule has 3 heterocycles. The molecule has 1 aromatic carbocycles. The van der Waals surface area contributed by atoms with E-state index in [0.717, 1.165) is 32.7 Å².